The van der Waals surface area contributed by atoms with E-state index in [0.29, 0.717) is 18.7 Å². The van der Waals surface area contributed by atoms with E-state index in [-0.39, 0.29) is 30.6 Å². The number of hydrogen-bond acceptors (Lipinski definition) is 3. The van der Waals surface area contributed by atoms with Gasteiger partial charge in [0.25, 0.3) is 0 Å². The summed E-state index contributed by atoms with van der Waals surface area (Å²) in [6, 6.07) is 6.33. The number of rotatable bonds is 5. The Hall–Kier alpha value is -1.69. The first-order valence-corrected chi connectivity index (χ1v) is 7.01. The average Bonchev–Trinajstić information content (AvgIpc) is 2.48. The average molecular weight is 299 g/mol. The van der Waals surface area contributed by atoms with Gasteiger partial charge in [0, 0.05) is 25.3 Å². The largest absolute Gasteiger partial charge is 0.435 e. The molecule has 1 fully saturated rings. The quantitative estimate of drug-likeness (QED) is 0.905. The number of carbonyl (C=O) groups excluding carboxylic acids is 1. The molecule has 1 atom stereocenters. The number of halogens is 2. The Morgan fingerprint density at radius 2 is 2.19 bits per heavy atom. The molecule has 21 heavy (non-hydrogen) atoms. The summed E-state index contributed by atoms with van der Waals surface area (Å²) >= 11 is 0. The molecule has 1 unspecified atom stereocenters. The lowest BCUT2D eigenvalue weighted by molar-refractivity contribution is -0.132. The van der Waals surface area contributed by atoms with Crippen LogP contribution >= 0.6 is 0 Å². The highest BCUT2D eigenvalue weighted by Gasteiger charge is 2.24. The highest BCUT2D eigenvalue weighted by molar-refractivity contribution is 5.79. The Kier molecular flexibility index (Phi) is 5.50. The van der Waals surface area contributed by atoms with Gasteiger partial charge >= 0.3 is 6.61 Å². The summed E-state index contributed by atoms with van der Waals surface area (Å²) in [6.45, 7) is -1.68. The Morgan fingerprint density at radius 3 is 2.90 bits per heavy atom. The van der Waals surface area contributed by atoms with Crippen molar-refractivity contribution in [1.82, 2.24) is 4.90 Å². The molecule has 0 bridgehead atoms. The highest BCUT2D eigenvalue weighted by atomic mass is 19.3. The van der Waals surface area contributed by atoms with Crippen molar-refractivity contribution in [3.05, 3.63) is 29.8 Å². The fourth-order valence-electron chi connectivity index (χ4n) is 2.58. The predicted octanol–water partition coefficient (Wildman–Crippen LogP) is 2.06. The van der Waals surface area contributed by atoms with Crippen LogP contribution in [0.15, 0.2) is 24.3 Å². The van der Waals surface area contributed by atoms with Gasteiger partial charge < -0.3 is 14.7 Å². The van der Waals surface area contributed by atoms with Crippen LogP contribution in [0.1, 0.15) is 18.4 Å². The van der Waals surface area contributed by atoms with Crippen molar-refractivity contribution in [3.8, 4) is 5.75 Å². The minimum atomic E-state index is -2.91. The SMILES string of the molecule is O=C(Cc1ccccc1OC(F)F)N1CCCC(CO)C1. The lowest BCUT2D eigenvalue weighted by Crippen LogP contribution is -2.41. The van der Waals surface area contributed by atoms with Crippen molar-refractivity contribution in [3.63, 3.8) is 0 Å². The monoisotopic (exact) mass is 299 g/mol. The number of likely N-dealkylation sites (tertiary alicyclic amines) is 1. The maximum atomic E-state index is 12.3. The van der Waals surface area contributed by atoms with E-state index in [1.165, 1.54) is 6.07 Å². The second kappa shape index (κ2) is 7.36. The van der Waals surface area contributed by atoms with Crippen LogP contribution in [-0.2, 0) is 11.2 Å². The third-order valence-corrected chi connectivity index (χ3v) is 3.66. The van der Waals surface area contributed by atoms with E-state index in [4.69, 9.17) is 0 Å². The van der Waals surface area contributed by atoms with Gasteiger partial charge in [-0.2, -0.15) is 8.78 Å². The molecule has 1 aliphatic rings. The third-order valence-electron chi connectivity index (χ3n) is 3.66. The molecule has 4 nitrogen and oxygen atoms in total. The third kappa shape index (κ3) is 4.39. The summed E-state index contributed by atoms with van der Waals surface area (Å²) in [5.74, 6) is 0.0188. The molecule has 0 radical (unpaired) electrons. The zero-order chi connectivity index (χ0) is 15.2. The second-order valence-corrected chi connectivity index (χ2v) is 5.19. The molecular formula is C15H19F2NO3. The Morgan fingerprint density at radius 1 is 1.43 bits per heavy atom. The van der Waals surface area contributed by atoms with E-state index >= 15 is 0 Å². The maximum Gasteiger partial charge on any atom is 0.387 e. The number of carbonyl (C=O) groups is 1. The van der Waals surface area contributed by atoms with Crippen LogP contribution in [0.5, 0.6) is 5.75 Å². The van der Waals surface area contributed by atoms with Crippen LogP contribution in [0, 0.1) is 5.92 Å². The molecule has 0 aromatic heterocycles. The van der Waals surface area contributed by atoms with Crippen molar-refractivity contribution in [1.29, 1.82) is 0 Å². The number of aliphatic hydroxyl groups excluding tert-OH is 1. The first-order chi connectivity index (χ1) is 10.1. The zero-order valence-corrected chi connectivity index (χ0v) is 11.7. The van der Waals surface area contributed by atoms with Crippen molar-refractivity contribution in [2.45, 2.75) is 25.9 Å². The van der Waals surface area contributed by atoms with Gasteiger partial charge in [0.2, 0.25) is 5.91 Å². The van der Waals surface area contributed by atoms with E-state index in [2.05, 4.69) is 4.74 Å². The van der Waals surface area contributed by atoms with E-state index in [0.717, 1.165) is 12.8 Å². The molecule has 1 saturated heterocycles. The number of para-hydroxylation sites is 1. The van der Waals surface area contributed by atoms with Crippen LogP contribution < -0.4 is 4.74 Å². The maximum absolute atomic E-state index is 12.3. The van der Waals surface area contributed by atoms with Crippen molar-refractivity contribution in [2.24, 2.45) is 5.92 Å². The van der Waals surface area contributed by atoms with Gasteiger partial charge in [-0.3, -0.25) is 4.79 Å². The number of ether oxygens (including phenoxy) is 1. The van der Waals surface area contributed by atoms with Gasteiger partial charge in [-0.15, -0.1) is 0 Å². The summed E-state index contributed by atoms with van der Waals surface area (Å²) in [6.07, 6.45) is 1.79. The fraction of sp³-hybridized carbons (Fsp3) is 0.533. The molecule has 2 rings (SSSR count). The van der Waals surface area contributed by atoms with Crippen LogP contribution in [0.25, 0.3) is 0 Å². The standard InChI is InChI=1S/C15H19F2NO3/c16-15(17)21-13-6-2-1-5-12(13)8-14(20)18-7-3-4-11(9-18)10-19/h1-2,5-6,11,15,19H,3-4,7-10H2. The molecule has 0 saturated carbocycles. The summed E-state index contributed by atoms with van der Waals surface area (Å²) in [5, 5.41) is 9.18. The molecule has 1 heterocycles. The molecule has 116 valence electrons. The number of nitrogens with zero attached hydrogens (tertiary/aromatic N) is 1. The van der Waals surface area contributed by atoms with Gasteiger partial charge in [0.1, 0.15) is 5.75 Å². The van der Waals surface area contributed by atoms with Gasteiger partial charge in [0.15, 0.2) is 0 Å². The van der Waals surface area contributed by atoms with Crippen molar-refractivity contribution < 1.29 is 23.4 Å². The van der Waals surface area contributed by atoms with E-state index in [1.54, 1.807) is 23.1 Å². The topological polar surface area (TPSA) is 49.8 Å². The summed E-state index contributed by atoms with van der Waals surface area (Å²) in [4.78, 5) is 14.0. The lowest BCUT2D eigenvalue weighted by Gasteiger charge is -2.32. The van der Waals surface area contributed by atoms with Crippen LogP contribution in [0.2, 0.25) is 0 Å². The molecule has 1 N–H and O–H groups in total. The number of alkyl halides is 2. The number of hydrogen-bond donors (Lipinski definition) is 1. The Labute approximate surface area is 122 Å². The molecular weight excluding hydrogens is 280 g/mol. The lowest BCUT2D eigenvalue weighted by atomic mass is 9.98. The normalized spacial score (nSPS) is 18.9. The fourth-order valence-corrected chi connectivity index (χ4v) is 2.58. The Balaban J connectivity index is 2.02. The predicted molar refractivity (Wildman–Crippen MR) is 73.2 cm³/mol. The van der Waals surface area contributed by atoms with E-state index in [1.807, 2.05) is 0 Å². The molecule has 1 amide bonds. The first kappa shape index (κ1) is 15.7. The highest BCUT2D eigenvalue weighted by Crippen LogP contribution is 2.23. The first-order valence-electron chi connectivity index (χ1n) is 7.01. The summed E-state index contributed by atoms with van der Waals surface area (Å²) < 4.78 is 29.1. The van der Waals surface area contributed by atoms with E-state index in [9.17, 15) is 18.7 Å². The smallest absolute Gasteiger partial charge is 0.387 e. The minimum Gasteiger partial charge on any atom is -0.435 e. The zero-order valence-electron chi connectivity index (χ0n) is 11.7. The second-order valence-electron chi connectivity index (χ2n) is 5.19. The van der Waals surface area contributed by atoms with Crippen molar-refractivity contribution >= 4 is 5.91 Å². The molecule has 1 aliphatic heterocycles. The molecule has 1 aromatic rings. The molecule has 0 aliphatic carbocycles. The van der Waals surface area contributed by atoms with Gasteiger partial charge in [0.05, 0.1) is 6.42 Å². The summed E-state index contributed by atoms with van der Waals surface area (Å²) in [7, 11) is 0. The van der Waals surface area contributed by atoms with Crippen LogP contribution in [0.4, 0.5) is 8.78 Å². The van der Waals surface area contributed by atoms with Crippen molar-refractivity contribution in [2.75, 3.05) is 19.7 Å². The van der Waals surface area contributed by atoms with Crippen LogP contribution in [0.3, 0.4) is 0 Å². The number of benzene rings is 1. The summed E-state index contributed by atoms with van der Waals surface area (Å²) in [5.41, 5.74) is 0.453. The van der Waals surface area contributed by atoms with Gasteiger partial charge in [-0.1, -0.05) is 18.2 Å². The Bertz CT molecular complexity index is 482. The molecule has 6 heteroatoms. The number of amides is 1. The van der Waals surface area contributed by atoms with Gasteiger partial charge in [-0.25, -0.2) is 0 Å². The molecule has 0 spiro atoms. The number of aliphatic hydroxyl groups is 1. The van der Waals surface area contributed by atoms with E-state index < -0.39 is 6.61 Å². The van der Waals surface area contributed by atoms with Gasteiger partial charge in [-0.05, 0) is 24.8 Å². The minimum absolute atomic E-state index is 0.0288. The molecule has 1 aromatic carbocycles. The van der Waals surface area contributed by atoms with Crippen LogP contribution in [-0.4, -0.2) is 42.2 Å². The number of piperidine rings is 1.